The lowest BCUT2D eigenvalue weighted by molar-refractivity contribution is -0.120. The summed E-state index contributed by atoms with van der Waals surface area (Å²) in [5, 5.41) is 0. The number of anilines is 1. The maximum atomic E-state index is 12.8. The van der Waals surface area contributed by atoms with Gasteiger partial charge in [-0.1, -0.05) is 33.8 Å². The Balaban J connectivity index is 1.56. The Hall–Kier alpha value is -2.14. The molecule has 2 aliphatic rings. The number of rotatable bonds is 10. The van der Waals surface area contributed by atoms with Gasteiger partial charge in [-0.05, 0) is 56.1 Å². The van der Waals surface area contributed by atoms with Gasteiger partial charge in [0.05, 0.1) is 12.3 Å². The summed E-state index contributed by atoms with van der Waals surface area (Å²) in [5.41, 5.74) is 2.04. The number of hydrogen-bond acceptors (Lipinski definition) is 4. The van der Waals surface area contributed by atoms with Crippen molar-refractivity contribution < 1.29 is 14.3 Å². The summed E-state index contributed by atoms with van der Waals surface area (Å²) in [5.74, 6) is 1.71. The van der Waals surface area contributed by atoms with E-state index in [0.717, 1.165) is 51.7 Å². The van der Waals surface area contributed by atoms with Crippen LogP contribution >= 0.6 is 0 Å². The van der Waals surface area contributed by atoms with Crippen molar-refractivity contribution in [3.63, 3.8) is 0 Å². The summed E-state index contributed by atoms with van der Waals surface area (Å²) in [6.45, 7) is 12.8. The first kappa shape index (κ1) is 22.5. The zero-order chi connectivity index (χ0) is 21.7. The van der Waals surface area contributed by atoms with E-state index in [1.807, 2.05) is 24.3 Å². The summed E-state index contributed by atoms with van der Waals surface area (Å²) in [4.78, 5) is 29.4. The minimum Gasteiger partial charge on any atom is -0.493 e. The van der Waals surface area contributed by atoms with Crippen LogP contribution in [0.4, 0.5) is 5.69 Å². The quantitative estimate of drug-likeness (QED) is 0.409. The zero-order valence-corrected chi connectivity index (χ0v) is 18.9. The molecule has 0 N–H and O–H groups in total. The number of amides is 2. The van der Waals surface area contributed by atoms with E-state index in [1.165, 1.54) is 4.90 Å². The largest absolute Gasteiger partial charge is 0.493 e. The number of ether oxygens (including phenoxy) is 1. The molecule has 5 nitrogen and oxygen atoms in total. The molecule has 0 aromatic heterocycles. The molecule has 1 aromatic rings. The number of carbonyl (C=O) groups excluding carboxylic acids is 2. The van der Waals surface area contributed by atoms with Crippen molar-refractivity contribution in [1.82, 2.24) is 4.90 Å². The lowest BCUT2D eigenvalue weighted by Crippen LogP contribution is -2.33. The van der Waals surface area contributed by atoms with Gasteiger partial charge in [0.2, 0.25) is 0 Å². The van der Waals surface area contributed by atoms with Crippen LogP contribution in [0.1, 0.15) is 59.8 Å². The third kappa shape index (κ3) is 5.51. The molecule has 0 spiro atoms. The van der Waals surface area contributed by atoms with Crippen LogP contribution in [0.5, 0.6) is 5.75 Å². The standard InChI is InChI=1S/C25H36N2O3/c1-18(2)16-26(17-19(3)4)13-8-14-30-21-10-7-9-20(15-21)27-24(28)22-11-5-6-12-23(22)25(27)29/h7,9-10,15,18-19H,5-6,8,11-14,16-17H2,1-4H3. The molecule has 0 unspecified atom stereocenters. The molecule has 1 heterocycles. The lowest BCUT2D eigenvalue weighted by atomic mass is 9.93. The topological polar surface area (TPSA) is 49.9 Å². The third-order valence-electron chi connectivity index (χ3n) is 5.60. The molecule has 0 bridgehead atoms. The normalized spacial score (nSPS) is 17.0. The van der Waals surface area contributed by atoms with Crippen molar-refractivity contribution >= 4 is 17.5 Å². The van der Waals surface area contributed by atoms with Crippen molar-refractivity contribution in [2.45, 2.75) is 59.8 Å². The van der Waals surface area contributed by atoms with Crippen molar-refractivity contribution in [3.05, 3.63) is 35.4 Å². The number of benzene rings is 1. The maximum Gasteiger partial charge on any atom is 0.261 e. The molecule has 0 saturated carbocycles. The molecule has 0 radical (unpaired) electrons. The summed E-state index contributed by atoms with van der Waals surface area (Å²) in [7, 11) is 0. The van der Waals surface area contributed by atoms with E-state index >= 15 is 0 Å². The SMILES string of the molecule is CC(C)CN(CCCOc1cccc(N2C(=O)C3=C(CCCC3)C2=O)c1)CC(C)C. The van der Waals surface area contributed by atoms with E-state index in [0.29, 0.717) is 41.0 Å². The highest BCUT2D eigenvalue weighted by Gasteiger charge is 2.39. The Morgan fingerprint density at radius 3 is 2.13 bits per heavy atom. The third-order valence-corrected chi connectivity index (χ3v) is 5.60. The van der Waals surface area contributed by atoms with Gasteiger partial charge in [0.15, 0.2) is 0 Å². The molecule has 164 valence electrons. The van der Waals surface area contributed by atoms with Crippen molar-refractivity contribution in [2.75, 3.05) is 31.1 Å². The molecule has 0 saturated heterocycles. The molecule has 1 aromatic carbocycles. The van der Waals surface area contributed by atoms with Crippen LogP contribution in [-0.2, 0) is 9.59 Å². The maximum absolute atomic E-state index is 12.8. The van der Waals surface area contributed by atoms with Gasteiger partial charge in [0.25, 0.3) is 11.8 Å². The highest BCUT2D eigenvalue weighted by Crippen LogP contribution is 2.36. The van der Waals surface area contributed by atoms with Crippen LogP contribution < -0.4 is 9.64 Å². The van der Waals surface area contributed by atoms with Crippen LogP contribution in [0.2, 0.25) is 0 Å². The summed E-state index contributed by atoms with van der Waals surface area (Å²) >= 11 is 0. The van der Waals surface area contributed by atoms with E-state index < -0.39 is 0 Å². The van der Waals surface area contributed by atoms with Gasteiger partial charge in [-0.25, -0.2) is 4.90 Å². The van der Waals surface area contributed by atoms with E-state index in [9.17, 15) is 9.59 Å². The van der Waals surface area contributed by atoms with Gasteiger partial charge in [0, 0.05) is 36.8 Å². The van der Waals surface area contributed by atoms with Crippen LogP contribution in [0.15, 0.2) is 35.4 Å². The fourth-order valence-corrected chi connectivity index (χ4v) is 4.45. The Bertz CT molecular complexity index is 759. The number of nitrogens with zero attached hydrogens (tertiary/aromatic N) is 2. The first-order valence-electron chi connectivity index (χ1n) is 11.4. The summed E-state index contributed by atoms with van der Waals surface area (Å²) < 4.78 is 5.97. The Labute approximate surface area is 181 Å². The molecule has 1 aliphatic carbocycles. The second kappa shape index (κ2) is 10.3. The fourth-order valence-electron chi connectivity index (χ4n) is 4.45. The van der Waals surface area contributed by atoms with Crippen molar-refractivity contribution in [2.24, 2.45) is 11.8 Å². The molecule has 3 rings (SSSR count). The molecular formula is C25H36N2O3. The van der Waals surface area contributed by atoms with E-state index in [-0.39, 0.29) is 11.8 Å². The average Bonchev–Trinajstić information content (AvgIpc) is 2.95. The Morgan fingerprint density at radius 2 is 1.57 bits per heavy atom. The fraction of sp³-hybridized carbons (Fsp3) is 0.600. The molecule has 2 amide bonds. The van der Waals surface area contributed by atoms with Gasteiger partial charge in [-0.2, -0.15) is 0 Å². The second-order valence-corrected chi connectivity index (χ2v) is 9.36. The Morgan fingerprint density at radius 1 is 0.967 bits per heavy atom. The summed E-state index contributed by atoms with van der Waals surface area (Å²) in [6, 6.07) is 7.37. The van der Waals surface area contributed by atoms with E-state index in [2.05, 4.69) is 32.6 Å². The monoisotopic (exact) mass is 412 g/mol. The van der Waals surface area contributed by atoms with Crippen LogP contribution in [0, 0.1) is 11.8 Å². The minimum atomic E-state index is -0.148. The predicted molar refractivity (Wildman–Crippen MR) is 121 cm³/mol. The number of imide groups is 1. The van der Waals surface area contributed by atoms with Gasteiger partial charge < -0.3 is 9.64 Å². The zero-order valence-electron chi connectivity index (χ0n) is 18.9. The number of hydrogen-bond donors (Lipinski definition) is 0. The highest BCUT2D eigenvalue weighted by atomic mass is 16.5. The molecule has 1 aliphatic heterocycles. The summed E-state index contributed by atoms with van der Waals surface area (Å²) in [6.07, 6.45) is 4.35. The molecular weight excluding hydrogens is 376 g/mol. The number of carbonyl (C=O) groups is 2. The molecule has 0 fully saturated rings. The first-order chi connectivity index (χ1) is 14.4. The van der Waals surface area contributed by atoms with E-state index in [1.54, 1.807) is 0 Å². The van der Waals surface area contributed by atoms with E-state index in [4.69, 9.17) is 4.74 Å². The Kier molecular flexibility index (Phi) is 7.70. The second-order valence-electron chi connectivity index (χ2n) is 9.36. The lowest BCUT2D eigenvalue weighted by Gasteiger charge is -2.26. The van der Waals surface area contributed by atoms with Crippen LogP contribution in [0.25, 0.3) is 0 Å². The van der Waals surface area contributed by atoms with Crippen LogP contribution in [0.3, 0.4) is 0 Å². The van der Waals surface area contributed by atoms with Crippen molar-refractivity contribution in [3.8, 4) is 5.75 Å². The average molecular weight is 413 g/mol. The first-order valence-corrected chi connectivity index (χ1v) is 11.4. The highest BCUT2D eigenvalue weighted by molar-refractivity contribution is 6.33. The van der Waals surface area contributed by atoms with Gasteiger partial charge >= 0.3 is 0 Å². The molecule has 0 atom stereocenters. The van der Waals surface area contributed by atoms with Gasteiger partial charge in [-0.3, -0.25) is 9.59 Å². The van der Waals surface area contributed by atoms with Crippen molar-refractivity contribution in [1.29, 1.82) is 0 Å². The van der Waals surface area contributed by atoms with Gasteiger partial charge in [0.1, 0.15) is 5.75 Å². The smallest absolute Gasteiger partial charge is 0.261 e. The molecule has 5 heteroatoms. The van der Waals surface area contributed by atoms with Crippen LogP contribution in [-0.4, -0.2) is 43.0 Å². The van der Waals surface area contributed by atoms with Gasteiger partial charge in [-0.15, -0.1) is 0 Å². The predicted octanol–water partition coefficient (Wildman–Crippen LogP) is 4.81. The molecule has 30 heavy (non-hydrogen) atoms. The minimum absolute atomic E-state index is 0.148.